The van der Waals surface area contributed by atoms with Gasteiger partial charge in [0.25, 0.3) is 0 Å². The van der Waals surface area contributed by atoms with Crippen molar-refractivity contribution in [1.29, 1.82) is 0 Å². The van der Waals surface area contributed by atoms with Crippen LogP contribution in [0.3, 0.4) is 0 Å². The zero-order chi connectivity index (χ0) is 11.1. The van der Waals surface area contributed by atoms with E-state index in [0.29, 0.717) is 17.1 Å². The van der Waals surface area contributed by atoms with E-state index in [2.05, 4.69) is 0 Å². The molecule has 1 N–H and O–H groups in total. The Bertz CT molecular complexity index is 388. The lowest BCUT2D eigenvalue weighted by atomic mass is 9.84. The molecule has 1 aliphatic heterocycles. The molecule has 4 heteroatoms. The van der Waals surface area contributed by atoms with Crippen molar-refractivity contribution in [2.24, 2.45) is 0 Å². The highest BCUT2D eigenvalue weighted by Crippen LogP contribution is 2.42. The summed E-state index contributed by atoms with van der Waals surface area (Å²) in [5.41, 5.74) is -0.302. The first-order valence-electron chi connectivity index (χ1n) is 4.76. The lowest BCUT2D eigenvalue weighted by molar-refractivity contribution is 0.168. The normalized spacial score (nSPS) is 14.4. The lowest BCUT2D eigenvalue weighted by Gasteiger charge is -2.24. The maximum Gasteiger partial charge on any atom is 0.231 e. The van der Waals surface area contributed by atoms with Gasteiger partial charge in [0.2, 0.25) is 6.79 Å². The van der Waals surface area contributed by atoms with Crippen LogP contribution < -0.4 is 9.47 Å². The minimum atomic E-state index is -0.677. The molecule has 0 fully saturated rings. The minimum Gasteiger partial charge on any atom is -0.454 e. The van der Waals surface area contributed by atoms with Crippen molar-refractivity contribution in [3.8, 4) is 11.5 Å². The molecule has 1 aromatic rings. The molecule has 3 nitrogen and oxygen atoms in total. The SMILES string of the molecule is CC(C)(CO)c1c(F)ccc2c1OCO2. The molecule has 1 aliphatic rings. The first-order valence-corrected chi connectivity index (χ1v) is 4.76. The van der Waals surface area contributed by atoms with Gasteiger partial charge in [-0.25, -0.2) is 4.39 Å². The van der Waals surface area contributed by atoms with Gasteiger partial charge in [-0.15, -0.1) is 0 Å². The van der Waals surface area contributed by atoms with Crippen molar-refractivity contribution >= 4 is 0 Å². The van der Waals surface area contributed by atoms with E-state index in [0.717, 1.165) is 0 Å². The molecule has 0 radical (unpaired) electrons. The summed E-state index contributed by atoms with van der Waals surface area (Å²) >= 11 is 0. The van der Waals surface area contributed by atoms with Crippen molar-refractivity contribution in [2.45, 2.75) is 19.3 Å². The maximum absolute atomic E-state index is 13.7. The van der Waals surface area contributed by atoms with Gasteiger partial charge < -0.3 is 14.6 Å². The van der Waals surface area contributed by atoms with Gasteiger partial charge in [-0.2, -0.15) is 0 Å². The number of hydrogen-bond donors (Lipinski definition) is 1. The van der Waals surface area contributed by atoms with Crippen LogP contribution in [0, 0.1) is 5.82 Å². The average Bonchev–Trinajstić information content (AvgIpc) is 2.64. The number of fused-ring (bicyclic) bond motifs is 1. The number of halogens is 1. The molecule has 0 unspecified atom stereocenters. The summed E-state index contributed by atoms with van der Waals surface area (Å²) in [6.45, 7) is 3.47. The van der Waals surface area contributed by atoms with Gasteiger partial charge in [0.15, 0.2) is 11.5 Å². The van der Waals surface area contributed by atoms with Crippen LogP contribution in [0.5, 0.6) is 11.5 Å². The molecular weight excluding hydrogens is 199 g/mol. The van der Waals surface area contributed by atoms with Crippen molar-refractivity contribution in [3.05, 3.63) is 23.5 Å². The Morgan fingerprint density at radius 2 is 2.13 bits per heavy atom. The Labute approximate surface area is 87.4 Å². The summed E-state index contributed by atoms with van der Waals surface area (Å²) in [5.74, 6) is 0.570. The summed E-state index contributed by atoms with van der Waals surface area (Å²) in [7, 11) is 0. The zero-order valence-corrected chi connectivity index (χ0v) is 8.71. The molecule has 0 bridgehead atoms. The van der Waals surface area contributed by atoms with Crippen molar-refractivity contribution in [1.82, 2.24) is 0 Å². The van der Waals surface area contributed by atoms with Crippen LogP contribution in [0.4, 0.5) is 4.39 Å². The lowest BCUT2D eigenvalue weighted by Crippen LogP contribution is -2.24. The van der Waals surface area contributed by atoms with E-state index < -0.39 is 5.41 Å². The highest BCUT2D eigenvalue weighted by molar-refractivity contribution is 5.51. The molecule has 0 aliphatic carbocycles. The molecule has 0 spiro atoms. The van der Waals surface area contributed by atoms with Crippen LogP contribution in [0.25, 0.3) is 0 Å². The van der Waals surface area contributed by atoms with Crippen molar-refractivity contribution < 1.29 is 19.0 Å². The van der Waals surface area contributed by atoms with Crippen LogP contribution >= 0.6 is 0 Å². The summed E-state index contributed by atoms with van der Waals surface area (Å²) in [6.07, 6.45) is 0. The van der Waals surface area contributed by atoms with Gasteiger partial charge in [0.05, 0.1) is 6.61 Å². The number of hydrogen-bond acceptors (Lipinski definition) is 3. The third kappa shape index (κ3) is 1.55. The van der Waals surface area contributed by atoms with Crippen molar-refractivity contribution in [2.75, 3.05) is 13.4 Å². The van der Waals surface area contributed by atoms with E-state index in [1.54, 1.807) is 13.8 Å². The van der Waals surface area contributed by atoms with E-state index >= 15 is 0 Å². The molecule has 0 saturated carbocycles. The quantitative estimate of drug-likeness (QED) is 0.812. The predicted octanol–water partition coefficient (Wildman–Crippen LogP) is 1.82. The topological polar surface area (TPSA) is 38.7 Å². The molecule has 0 saturated heterocycles. The molecule has 1 aromatic carbocycles. The second kappa shape index (κ2) is 3.38. The molecule has 15 heavy (non-hydrogen) atoms. The molecule has 1 heterocycles. The molecule has 0 aromatic heterocycles. The van der Waals surface area contributed by atoms with Crippen LogP contribution in [0.15, 0.2) is 12.1 Å². The van der Waals surface area contributed by atoms with Gasteiger partial charge in [-0.1, -0.05) is 13.8 Å². The summed E-state index contributed by atoms with van der Waals surface area (Å²) in [6, 6.07) is 2.87. The van der Waals surface area contributed by atoms with Gasteiger partial charge in [-0.3, -0.25) is 0 Å². The Kier molecular flexibility index (Phi) is 2.31. The van der Waals surface area contributed by atoms with Crippen LogP contribution in [-0.2, 0) is 5.41 Å². The molecular formula is C11H13FO3. The number of ether oxygens (including phenoxy) is 2. The van der Waals surface area contributed by atoms with E-state index in [-0.39, 0.29) is 19.2 Å². The van der Waals surface area contributed by atoms with Gasteiger partial charge in [0, 0.05) is 11.0 Å². The monoisotopic (exact) mass is 212 g/mol. The van der Waals surface area contributed by atoms with Crippen LogP contribution in [0.1, 0.15) is 19.4 Å². The van der Waals surface area contributed by atoms with Gasteiger partial charge >= 0.3 is 0 Å². The average molecular weight is 212 g/mol. The fourth-order valence-electron chi connectivity index (χ4n) is 1.66. The number of benzene rings is 1. The highest BCUT2D eigenvalue weighted by Gasteiger charge is 2.32. The largest absolute Gasteiger partial charge is 0.454 e. The Morgan fingerprint density at radius 3 is 2.80 bits per heavy atom. The van der Waals surface area contributed by atoms with Gasteiger partial charge in [0.1, 0.15) is 5.82 Å². The smallest absolute Gasteiger partial charge is 0.231 e. The minimum absolute atomic E-state index is 0.104. The third-order valence-corrected chi connectivity index (χ3v) is 2.56. The summed E-state index contributed by atoms with van der Waals surface area (Å²) < 4.78 is 24.1. The number of aliphatic hydroxyl groups excluding tert-OH is 1. The Hall–Kier alpha value is -1.29. The Morgan fingerprint density at radius 1 is 1.40 bits per heavy atom. The molecule has 0 atom stereocenters. The first-order chi connectivity index (χ1) is 7.06. The van der Waals surface area contributed by atoms with Gasteiger partial charge in [-0.05, 0) is 12.1 Å². The number of aliphatic hydroxyl groups is 1. The van der Waals surface area contributed by atoms with Crippen molar-refractivity contribution in [3.63, 3.8) is 0 Å². The van der Waals surface area contributed by atoms with E-state index in [4.69, 9.17) is 9.47 Å². The molecule has 2 rings (SSSR count). The van der Waals surface area contributed by atoms with E-state index in [1.165, 1.54) is 12.1 Å². The third-order valence-electron chi connectivity index (χ3n) is 2.56. The Balaban J connectivity index is 2.60. The van der Waals surface area contributed by atoms with Crippen LogP contribution in [-0.4, -0.2) is 18.5 Å². The predicted molar refractivity (Wildman–Crippen MR) is 52.6 cm³/mol. The molecule has 0 amide bonds. The molecule has 82 valence electrons. The second-order valence-electron chi connectivity index (χ2n) is 4.20. The highest BCUT2D eigenvalue weighted by atomic mass is 19.1. The zero-order valence-electron chi connectivity index (χ0n) is 8.71. The van der Waals surface area contributed by atoms with E-state index in [1.807, 2.05) is 0 Å². The summed E-state index contributed by atoms with van der Waals surface area (Å²) in [5, 5.41) is 9.24. The maximum atomic E-state index is 13.7. The first kappa shape index (κ1) is 10.2. The van der Waals surface area contributed by atoms with E-state index in [9.17, 15) is 9.50 Å². The second-order valence-corrected chi connectivity index (χ2v) is 4.20. The number of rotatable bonds is 2. The standard InChI is InChI=1S/C11H13FO3/c1-11(2,5-13)9-7(12)3-4-8-10(9)15-6-14-8/h3-4,13H,5-6H2,1-2H3. The van der Waals surface area contributed by atoms with Crippen LogP contribution in [0.2, 0.25) is 0 Å². The fraction of sp³-hybridized carbons (Fsp3) is 0.455. The summed E-state index contributed by atoms with van der Waals surface area (Å²) in [4.78, 5) is 0. The fourth-order valence-corrected chi connectivity index (χ4v) is 1.66.